The quantitative estimate of drug-likeness (QED) is 0.691. The molecule has 0 aliphatic heterocycles. The Morgan fingerprint density at radius 2 is 1.79 bits per heavy atom. The summed E-state index contributed by atoms with van der Waals surface area (Å²) in [6.45, 7) is 2.26. The Bertz CT molecular complexity index is 241. The fourth-order valence-corrected chi connectivity index (χ4v) is 1.81. The molecule has 78 valence electrons. The summed E-state index contributed by atoms with van der Waals surface area (Å²) in [4.78, 5) is 2.32. The summed E-state index contributed by atoms with van der Waals surface area (Å²) >= 11 is 0. The zero-order valence-corrected chi connectivity index (χ0v) is 9.53. The lowest BCUT2D eigenvalue weighted by atomic mass is 10.0. The van der Waals surface area contributed by atoms with Crippen LogP contribution in [0.1, 0.15) is 25.3 Å². The number of nitrogens with zero attached hydrogens (tertiary/aromatic N) is 1. The molecule has 1 rings (SSSR count). The lowest BCUT2D eigenvalue weighted by Gasteiger charge is -2.22. The second-order valence-electron chi connectivity index (χ2n) is 4.05. The van der Waals surface area contributed by atoms with Crippen LogP contribution < -0.4 is 0 Å². The molecule has 1 atom stereocenters. The number of aryl methyl sites for hydroxylation is 1. The average molecular weight is 191 g/mol. The molecule has 0 saturated carbocycles. The first-order chi connectivity index (χ1) is 6.74. The maximum absolute atomic E-state index is 2.32. The van der Waals surface area contributed by atoms with Crippen LogP contribution in [0, 0.1) is 0 Å². The minimum Gasteiger partial charge on any atom is -0.306 e. The smallest absolute Gasteiger partial charge is 0.00897 e. The molecule has 0 aromatic heterocycles. The van der Waals surface area contributed by atoms with Crippen LogP contribution >= 0.6 is 0 Å². The van der Waals surface area contributed by atoms with E-state index in [1.54, 1.807) is 0 Å². The Labute approximate surface area is 87.7 Å². The predicted molar refractivity (Wildman–Crippen MR) is 62.5 cm³/mol. The van der Waals surface area contributed by atoms with Gasteiger partial charge >= 0.3 is 0 Å². The molecule has 1 aromatic rings. The Hall–Kier alpha value is -0.820. The van der Waals surface area contributed by atoms with E-state index in [4.69, 9.17) is 0 Å². The first-order valence-electron chi connectivity index (χ1n) is 5.44. The first kappa shape index (κ1) is 11.3. The molecule has 0 fully saturated rings. The zero-order valence-electron chi connectivity index (χ0n) is 9.53. The largest absolute Gasteiger partial charge is 0.306 e. The third-order valence-electron chi connectivity index (χ3n) is 2.81. The fourth-order valence-electron chi connectivity index (χ4n) is 1.81. The first-order valence-corrected chi connectivity index (χ1v) is 5.44. The van der Waals surface area contributed by atoms with E-state index in [1.165, 1.54) is 24.8 Å². The number of hydrogen-bond acceptors (Lipinski definition) is 1. The molecular formula is C13H21N. The fraction of sp³-hybridized carbons (Fsp3) is 0.538. The molecular weight excluding hydrogens is 170 g/mol. The summed E-state index contributed by atoms with van der Waals surface area (Å²) in [5.41, 5.74) is 1.45. The van der Waals surface area contributed by atoms with Crippen LogP contribution in [0.25, 0.3) is 0 Å². The van der Waals surface area contributed by atoms with Crippen molar-refractivity contribution in [1.82, 2.24) is 4.90 Å². The van der Waals surface area contributed by atoms with Crippen LogP contribution in [-0.2, 0) is 6.42 Å². The molecule has 0 heterocycles. The van der Waals surface area contributed by atoms with Crippen LogP contribution in [0.5, 0.6) is 0 Å². The molecule has 0 N–H and O–H groups in total. The Morgan fingerprint density at radius 3 is 2.29 bits per heavy atom. The van der Waals surface area contributed by atoms with Gasteiger partial charge in [-0.3, -0.25) is 0 Å². The van der Waals surface area contributed by atoms with Crippen molar-refractivity contribution in [1.29, 1.82) is 0 Å². The van der Waals surface area contributed by atoms with Crippen molar-refractivity contribution in [3.8, 4) is 0 Å². The molecule has 0 bridgehead atoms. The summed E-state index contributed by atoms with van der Waals surface area (Å²) in [6.07, 6.45) is 3.69. The van der Waals surface area contributed by atoms with Gasteiger partial charge in [-0.25, -0.2) is 0 Å². The van der Waals surface area contributed by atoms with Crippen LogP contribution in [0.15, 0.2) is 30.3 Å². The second-order valence-corrected chi connectivity index (χ2v) is 4.05. The van der Waals surface area contributed by atoms with Gasteiger partial charge < -0.3 is 4.90 Å². The molecule has 0 aliphatic rings. The van der Waals surface area contributed by atoms with Gasteiger partial charge in [0.2, 0.25) is 0 Å². The minimum atomic E-state index is 0.718. The lowest BCUT2D eigenvalue weighted by Crippen LogP contribution is -2.27. The van der Waals surface area contributed by atoms with Crippen molar-refractivity contribution in [2.45, 2.75) is 32.2 Å². The Balaban J connectivity index is 2.40. The third kappa shape index (κ3) is 3.51. The zero-order chi connectivity index (χ0) is 10.4. The molecule has 1 heteroatoms. The molecule has 14 heavy (non-hydrogen) atoms. The number of rotatable bonds is 5. The molecule has 0 aliphatic carbocycles. The maximum atomic E-state index is 2.32. The van der Waals surface area contributed by atoms with Gasteiger partial charge in [-0.15, -0.1) is 0 Å². The van der Waals surface area contributed by atoms with E-state index in [0.29, 0.717) is 0 Å². The lowest BCUT2D eigenvalue weighted by molar-refractivity contribution is 0.271. The number of hydrogen-bond donors (Lipinski definition) is 0. The van der Waals surface area contributed by atoms with Crippen LogP contribution in [0.3, 0.4) is 0 Å². The van der Waals surface area contributed by atoms with Crippen molar-refractivity contribution in [2.75, 3.05) is 14.1 Å². The predicted octanol–water partition coefficient (Wildman–Crippen LogP) is 2.96. The third-order valence-corrected chi connectivity index (χ3v) is 2.81. The van der Waals surface area contributed by atoms with Gasteiger partial charge in [0.15, 0.2) is 0 Å². The Kier molecular flexibility index (Phi) is 4.68. The molecule has 0 amide bonds. The van der Waals surface area contributed by atoms with Crippen molar-refractivity contribution < 1.29 is 0 Å². The van der Waals surface area contributed by atoms with Gasteiger partial charge in [0, 0.05) is 6.04 Å². The molecule has 1 aromatic carbocycles. The van der Waals surface area contributed by atoms with Crippen LogP contribution in [0.4, 0.5) is 0 Å². The topological polar surface area (TPSA) is 3.24 Å². The molecule has 1 unspecified atom stereocenters. The maximum Gasteiger partial charge on any atom is 0.00897 e. The highest BCUT2D eigenvalue weighted by Gasteiger charge is 2.07. The summed E-state index contributed by atoms with van der Waals surface area (Å²) < 4.78 is 0. The monoisotopic (exact) mass is 191 g/mol. The SMILES string of the molecule is CCC(CCc1ccccc1)N(C)C. The Morgan fingerprint density at radius 1 is 1.14 bits per heavy atom. The number of benzene rings is 1. The van der Waals surface area contributed by atoms with Crippen molar-refractivity contribution in [2.24, 2.45) is 0 Å². The highest BCUT2D eigenvalue weighted by atomic mass is 15.1. The van der Waals surface area contributed by atoms with E-state index in [1.807, 2.05) is 0 Å². The molecule has 0 radical (unpaired) electrons. The highest BCUT2D eigenvalue weighted by Crippen LogP contribution is 2.10. The van der Waals surface area contributed by atoms with Gasteiger partial charge in [0.1, 0.15) is 0 Å². The molecule has 0 spiro atoms. The highest BCUT2D eigenvalue weighted by molar-refractivity contribution is 5.14. The molecule has 0 saturated heterocycles. The average Bonchev–Trinajstić information content (AvgIpc) is 2.20. The van der Waals surface area contributed by atoms with Gasteiger partial charge in [-0.1, -0.05) is 37.3 Å². The molecule has 1 nitrogen and oxygen atoms in total. The van der Waals surface area contributed by atoms with Gasteiger partial charge in [0.25, 0.3) is 0 Å². The summed E-state index contributed by atoms with van der Waals surface area (Å²) in [7, 11) is 4.33. The summed E-state index contributed by atoms with van der Waals surface area (Å²) in [5, 5.41) is 0. The van der Waals surface area contributed by atoms with Crippen LogP contribution in [-0.4, -0.2) is 25.0 Å². The second kappa shape index (κ2) is 5.82. The van der Waals surface area contributed by atoms with E-state index >= 15 is 0 Å². The summed E-state index contributed by atoms with van der Waals surface area (Å²) in [6, 6.07) is 11.4. The standard InChI is InChI=1S/C13H21N/c1-4-13(14(2)3)11-10-12-8-6-5-7-9-12/h5-9,13H,4,10-11H2,1-3H3. The van der Waals surface area contributed by atoms with Crippen LogP contribution in [0.2, 0.25) is 0 Å². The summed E-state index contributed by atoms with van der Waals surface area (Å²) in [5.74, 6) is 0. The van der Waals surface area contributed by atoms with Gasteiger partial charge in [-0.05, 0) is 38.9 Å². The van der Waals surface area contributed by atoms with Crippen molar-refractivity contribution >= 4 is 0 Å². The minimum absolute atomic E-state index is 0.718. The van der Waals surface area contributed by atoms with Gasteiger partial charge in [0.05, 0.1) is 0 Å². The van der Waals surface area contributed by atoms with E-state index < -0.39 is 0 Å². The van der Waals surface area contributed by atoms with Gasteiger partial charge in [-0.2, -0.15) is 0 Å². The van der Waals surface area contributed by atoms with E-state index in [-0.39, 0.29) is 0 Å². The van der Waals surface area contributed by atoms with Crippen molar-refractivity contribution in [3.63, 3.8) is 0 Å². The van der Waals surface area contributed by atoms with E-state index in [2.05, 4.69) is 56.3 Å². The van der Waals surface area contributed by atoms with E-state index in [9.17, 15) is 0 Å². The normalized spacial score (nSPS) is 13.1. The van der Waals surface area contributed by atoms with E-state index in [0.717, 1.165) is 6.04 Å². The van der Waals surface area contributed by atoms with Crippen molar-refractivity contribution in [3.05, 3.63) is 35.9 Å².